The number of aromatic amines is 1. The molecular formula is C19H18N2O2. The van der Waals surface area contributed by atoms with Crippen molar-refractivity contribution in [2.75, 3.05) is 14.2 Å². The average Bonchev–Trinajstić information content (AvgIpc) is 2.90. The number of benzene rings is 2. The van der Waals surface area contributed by atoms with Crippen molar-refractivity contribution >= 4 is 32.6 Å². The first kappa shape index (κ1) is 13.9. The van der Waals surface area contributed by atoms with Crippen molar-refractivity contribution in [1.29, 1.82) is 0 Å². The van der Waals surface area contributed by atoms with Crippen LogP contribution in [0.15, 0.2) is 30.3 Å². The van der Waals surface area contributed by atoms with E-state index in [0.29, 0.717) is 11.6 Å². The molecule has 0 atom stereocenters. The molecule has 4 rings (SSSR count). The zero-order valence-corrected chi connectivity index (χ0v) is 13.7. The lowest BCUT2D eigenvalue weighted by molar-refractivity contribution is 0.346. The number of aryl methyl sites for hydroxylation is 2. The van der Waals surface area contributed by atoms with Crippen LogP contribution in [-0.2, 0) is 0 Å². The van der Waals surface area contributed by atoms with Gasteiger partial charge in [-0.25, -0.2) is 4.98 Å². The highest BCUT2D eigenvalue weighted by Crippen LogP contribution is 2.38. The number of methoxy groups -OCH3 is 2. The normalized spacial score (nSPS) is 11.5. The van der Waals surface area contributed by atoms with E-state index in [1.54, 1.807) is 14.2 Å². The SMILES string of the molecule is COc1[nH]c(C)c2cc3c(cc2c1OC)nc1ccc(C)cc13. The minimum Gasteiger partial charge on any atom is -0.491 e. The first-order valence-electron chi connectivity index (χ1n) is 7.56. The van der Waals surface area contributed by atoms with Crippen molar-refractivity contribution in [3.05, 3.63) is 41.6 Å². The molecule has 2 heterocycles. The first-order chi connectivity index (χ1) is 11.1. The van der Waals surface area contributed by atoms with Gasteiger partial charge in [0.1, 0.15) is 0 Å². The number of H-pyrrole nitrogens is 1. The van der Waals surface area contributed by atoms with Gasteiger partial charge in [-0.3, -0.25) is 0 Å². The maximum Gasteiger partial charge on any atom is 0.235 e. The Morgan fingerprint density at radius 1 is 0.826 bits per heavy atom. The zero-order valence-electron chi connectivity index (χ0n) is 13.7. The second-order valence-electron chi connectivity index (χ2n) is 5.86. The molecule has 116 valence electrons. The molecule has 2 aromatic heterocycles. The number of pyridine rings is 1. The van der Waals surface area contributed by atoms with Gasteiger partial charge in [0, 0.05) is 27.2 Å². The summed E-state index contributed by atoms with van der Waals surface area (Å²) >= 11 is 0. The standard InChI is InChI=1S/C19H18N2O2/c1-10-5-6-16-13(7-10)14-8-12-11(2)20-19(23-4)18(22-3)15(12)9-17(14)21-16/h5-9,20H,1-4H3. The molecule has 0 bridgehead atoms. The Morgan fingerprint density at radius 3 is 2.35 bits per heavy atom. The third-order valence-corrected chi connectivity index (χ3v) is 4.38. The van der Waals surface area contributed by atoms with E-state index in [-0.39, 0.29) is 0 Å². The van der Waals surface area contributed by atoms with Crippen molar-refractivity contribution in [3.8, 4) is 11.6 Å². The van der Waals surface area contributed by atoms with Crippen LogP contribution in [0.2, 0.25) is 0 Å². The van der Waals surface area contributed by atoms with E-state index in [0.717, 1.165) is 27.5 Å². The van der Waals surface area contributed by atoms with Gasteiger partial charge < -0.3 is 14.5 Å². The first-order valence-corrected chi connectivity index (χ1v) is 7.56. The van der Waals surface area contributed by atoms with Crippen molar-refractivity contribution in [3.63, 3.8) is 0 Å². The number of rotatable bonds is 2. The number of hydrogen-bond acceptors (Lipinski definition) is 3. The number of nitrogens with one attached hydrogen (secondary N) is 1. The fourth-order valence-electron chi connectivity index (χ4n) is 3.25. The van der Waals surface area contributed by atoms with Crippen LogP contribution in [0.5, 0.6) is 11.6 Å². The minimum absolute atomic E-state index is 0.629. The highest BCUT2D eigenvalue weighted by atomic mass is 16.5. The van der Waals surface area contributed by atoms with E-state index in [1.807, 2.05) is 6.92 Å². The molecule has 0 saturated heterocycles. The van der Waals surface area contributed by atoms with Crippen LogP contribution in [0.1, 0.15) is 11.3 Å². The second-order valence-corrected chi connectivity index (χ2v) is 5.86. The van der Waals surface area contributed by atoms with Gasteiger partial charge in [0.05, 0.1) is 25.3 Å². The highest BCUT2D eigenvalue weighted by molar-refractivity contribution is 6.13. The molecule has 0 spiro atoms. The average molecular weight is 306 g/mol. The third-order valence-electron chi connectivity index (χ3n) is 4.38. The van der Waals surface area contributed by atoms with Crippen LogP contribution < -0.4 is 9.47 Å². The van der Waals surface area contributed by atoms with Gasteiger partial charge in [-0.15, -0.1) is 0 Å². The van der Waals surface area contributed by atoms with Crippen molar-refractivity contribution < 1.29 is 9.47 Å². The van der Waals surface area contributed by atoms with E-state index in [4.69, 9.17) is 14.5 Å². The van der Waals surface area contributed by atoms with Crippen LogP contribution in [0.4, 0.5) is 0 Å². The van der Waals surface area contributed by atoms with Crippen molar-refractivity contribution in [2.45, 2.75) is 13.8 Å². The fourth-order valence-corrected chi connectivity index (χ4v) is 3.25. The Hall–Kier alpha value is -2.75. The Bertz CT molecular complexity index is 1060. The molecule has 4 nitrogen and oxygen atoms in total. The summed E-state index contributed by atoms with van der Waals surface area (Å²) in [6.45, 7) is 4.15. The molecule has 0 fully saturated rings. The van der Waals surface area contributed by atoms with Gasteiger partial charge in [-0.1, -0.05) is 11.6 Å². The van der Waals surface area contributed by atoms with Crippen LogP contribution >= 0.6 is 0 Å². The van der Waals surface area contributed by atoms with Gasteiger partial charge >= 0.3 is 0 Å². The van der Waals surface area contributed by atoms with E-state index in [2.05, 4.69) is 42.2 Å². The largest absolute Gasteiger partial charge is 0.491 e. The van der Waals surface area contributed by atoms with E-state index < -0.39 is 0 Å². The number of nitrogens with zero attached hydrogens (tertiary/aromatic N) is 1. The minimum atomic E-state index is 0.629. The zero-order chi connectivity index (χ0) is 16.1. The lowest BCUT2D eigenvalue weighted by atomic mass is 10.0. The molecule has 23 heavy (non-hydrogen) atoms. The smallest absolute Gasteiger partial charge is 0.235 e. The lowest BCUT2D eigenvalue weighted by Crippen LogP contribution is -1.97. The Kier molecular flexibility index (Phi) is 2.94. The molecule has 0 aliphatic heterocycles. The molecule has 0 amide bonds. The van der Waals surface area contributed by atoms with Crippen molar-refractivity contribution in [2.24, 2.45) is 0 Å². The Labute approximate surface area is 134 Å². The summed E-state index contributed by atoms with van der Waals surface area (Å²) in [5.41, 5.74) is 4.28. The van der Waals surface area contributed by atoms with Crippen LogP contribution in [0.3, 0.4) is 0 Å². The van der Waals surface area contributed by atoms with Gasteiger partial charge in [-0.05, 0) is 38.1 Å². The number of hydrogen-bond donors (Lipinski definition) is 1. The topological polar surface area (TPSA) is 47.1 Å². The predicted octanol–water partition coefficient (Wildman–Crippen LogP) is 4.50. The molecule has 0 unspecified atom stereocenters. The Morgan fingerprint density at radius 2 is 1.61 bits per heavy atom. The van der Waals surface area contributed by atoms with Gasteiger partial charge in [0.25, 0.3) is 0 Å². The van der Waals surface area contributed by atoms with Gasteiger partial charge in [0.2, 0.25) is 5.88 Å². The predicted molar refractivity (Wildman–Crippen MR) is 93.7 cm³/mol. The van der Waals surface area contributed by atoms with Crippen LogP contribution in [-0.4, -0.2) is 24.2 Å². The summed E-state index contributed by atoms with van der Waals surface area (Å²) in [4.78, 5) is 8.03. The third kappa shape index (κ3) is 1.95. The molecule has 0 aliphatic rings. The summed E-state index contributed by atoms with van der Waals surface area (Å²) in [6.07, 6.45) is 0. The van der Waals surface area contributed by atoms with Crippen LogP contribution in [0.25, 0.3) is 32.6 Å². The van der Waals surface area contributed by atoms with Crippen molar-refractivity contribution in [1.82, 2.24) is 9.97 Å². The maximum atomic E-state index is 5.56. The summed E-state index contributed by atoms with van der Waals surface area (Å²) in [7, 11) is 3.29. The molecular weight excluding hydrogens is 288 g/mol. The fraction of sp³-hybridized carbons (Fsp3) is 0.211. The summed E-state index contributed by atoms with van der Waals surface area (Å²) in [6, 6.07) is 10.6. The highest BCUT2D eigenvalue weighted by Gasteiger charge is 2.15. The number of fused-ring (bicyclic) bond motifs is 4. The van der Waals surface area contributed by atoms with Gasteiger partial charge in [0.15, 0.2) is 5.75 Å². The molecule has 1 N–H and O–H groups in total. The maximum absolute atomic E-state index is 5.56. The van der Waals surface area contributed by atoms with Crippen LogP contribution in [0, 0.1) is 13.8 Å². The molecule has 2 aromatic carbocycles. The summed E-state index contributed by atoms with van der Waals surface area (Å²) < 4.78 is 11.0. The molecule has 0 saturated carbocycles. The number of ether oxygens (including phenoxy) is 2. The Balaban J connectivity index is 2.19. The number of aromatic nitrogens is 2. The summed E-state index contributed by atoms with van der Waals surface area (Å²) in [5, 5.41) is 4.48. The molecule has 4 aromatic rings. The van der Waals surface area contributed by atoms with E-state index in [1.165, 1.54) is 16.3 Å². The summed E-state index contributed by atoms with van der Waals surface area (Å²) in [5.74, 6) is 1.34. The molecule has 0 radical (unpaired) electrons. The molecule has 0 aliphatic carbocycles. The lowest BCUT2D eigenvalue weighted by Gasteiger charge is -2.13. The molecule has 4 heteroatoms. The second kappa shape index (κ2) is 4.88. The quantitative estimate of drug-likeness (QED) is 0.593. The monoisotopic (exact) mass is 306 g/mol. The van der Waals surface area contributed by atoms with Gasteiger partial charge in [-0.2, -0.15) is 0 Å². The van der Waals surface area contributed by atoms with E-state index >= 15 is 0 Å². The van der Waals surface area contributed by atoms with E-state index in [9.17, 15) is 0 Å².